The first-order chi connectivity index (χ1) is 12.7. The third-order valence-electron chi connectivity index (χ3n) is 4.68. The van der Waals surface area contributed by atoms with Crippen LogP contribution >= 0.6 is 0 Å². The molecule has 3 rings (SSSR count). The van der Waals surface area contributed by atoms with Crippen LogP contribution in [0.25, 0.3) is 0 Å². The molecule has 0 aliphatic carbocycles. The molecule has 1 fully saturated rings. The predicted octanol–water partition coefficient (Wildman–Crippen LogP) is 3.26. The Morgan fingerprint density at radius 1 is 1.19 bits per heavy atom. The number of anilines is 1. The lowest BCUT2D eigenvalue weighted by Gasteiger charge is -2.17. The molecule has 1 aromatic carbocycles. The Hall–Kier alpha value is -2.37. The van der Waals surface area contributed by atoms with Crippen molar-refractivity contribution in [3.8, 4) is 0 Å². The van der Waals surface area contributed by atoms with Gasteiger partial charge in [0.05, 0.1) is 0 Å². The fraction of sp³-hybridized carbons (Fsp3) is 0.550. The van der Waals surface area contributed by atoms with Crippen molar-refractivity contribution in [3.63, 3.8) is 0 Å². The highest BCUT2D eigenvalue weighted by molar-refractivity contribution is 5.75. The number of nitrogens with one attached hydrogen (secondary N) is 1. The summed E-state index contributed by atoms with van der Waals surface area (Å²) in [5.41, 5.74) is 2.40. The molecule has 2 aromatic rings. The van der Waals surface area contributed by atoms with Crippen molar-refractivity contribution < 1.29 is 9.32 Å². The van der Waals surface area contributed by atoms with Crippen LogP contribution in [0.3, 0.4) is 0 Å². The summed E-state index contributed by atoms with van der Waals surface area (Å²) < 4.78 is 5.18. The zero-order valence-corrected chi connectivity index (χ0v) is 15.5. The summed E-state index contributed by atoms with van der Waals surface area (Å²) in [5.74, 6) is 1.44. The van der Waals surface area contributed by atoms with E-state index in [1.54, 1.807) is 0 Å². The van der Waals surface area contributed by atoms with E-state index >= 15 is 0 Å². The van der Waals surface area contributed by atoms with Crippen molar-refractivity contribution in [2.75, 3.05) is 18.0 Å². The summed E-state index contributed by atoms with van der Waals surface area (Å²) in [5, 5.41) is 6.91. The van der Waals surface area contributed by atoms with Crippen molar-refractivity contribution in [3.05, 3.63) is 41.5 Å². The average Bonchev–Trinajstić information content (AvgIpc) is 3.33. The number of aryl methyl sites for hydroxylation is 2. The summed E-state index contributed by atoms with van der Waals surface area (Å²) in [7, 11) is 0. The maximum atomic E-state index is 12.0. The van der Waals surface area contributed by atoms with Crippen molar-refractivity contribution >= 4 is 11.6 Å². The minimum absolute atomic E-state index is 0.0573. The van der Waals surface area contributed by atoms with E-state index in [1.165, 1.54) is 18.5 Å². The summed E-state index contributed by atoms with van der Waals surface area (Å²) in [6.07, 6.45) is 6.23. The van der Waals surface area contributed by atoms with Crippen LogP contribution < -0.4 is 10.2 Å². The highest BCUT2D eigenvalue weighted by Gasteiger charge is 2.12. The summed E-state index contributed by atoms with van der Waals surface area (Å²) in [4.78, 5) is 18.7. The number of benzene rings is 1. The molecule has 1 aromatic heterocycles. The third-order valence-corrected chi connectivity index (χ3v) is 4.68. The van der Waals surface area contributed by atoms with Gasteiger partial charge in [0, 0.05) is 44.6 Å². The molecule has 0 spiro atoms. The van der Waals surface area contributed by atoms with Gasteiger partial charge in [0.15, 0.2) is 5.82 Å². The number of amides is 1. The van der Waals surface area contributed by atoms with Crippen LogP contribution in [-0.4, -0.2) is 29.1 Å². The molecule has 0 unspecified atom stereocenters. The van der Waals surface area contributed by atoms with Crippen molar-refractivity contribution in [1.82, 2.24) is 15.5 Å². The standard InChI is InChI=1S/C20H28N4O2/c1-2-6-18-22-20(26-23-18)8-5-7-19(25)21-15-16-9-11-17(12-10-16)24-13-3-4-14-24/h9-12H,2-8,13-15H2,1H3,(H,21,25). The van der Waals surface area contributed by atoms with E-state index in [2.05, 4.69) is 51.5 Å². The molecule has 1 N–H and O–H groups in total. The van der Waals surface area contributed by atoms with Crippen molar-refractivity contribution in [2.45, 2.75) is 58.4 Å². The van der Waals surface area contributed by atoms with E-state index in [0.717, 1.165) is 37.3 Å². The Kier molecular flexibility index (Phi) is 6.63. The summed E-state index contributed by atoms with van der Waals surface area (Å²) in [6.45, 7) is 4.95. The molecule has 6 heteroatoms. The first-order valence-electron chi connectivity index (χ1n) is 9.66. The first kappa shape index (κ1) is 18.4. The maximum Gasteiger partial charge on any atom is 0.226 e. The van der Waals surface area contributed by atoms with Crippen molar-refractivity contribution in [1.29, 1.82) is 0 Å². The monoisotopic (exact) mass is 356 g/mol. The summed E-state index contributed by atoms with van der Waals surface area (Å²) >= 11 is 0. The maximum absolute atomic E-state index is 12.0. The van der Waals surface area contributed by atoms with Gasteiger partial charge in [-0.15, -0.1) is 0 Å². The number of nitrogens with zero attached hydrogens (tertiary/aromatic N) is 3. The smallest absolute Gasteiger partial charge is 0.226 e. The second-order valence-corrected chi connectivity index (χ2v) is 6.85. The van der Waals surface area contributed by atoms with E-state index in [-0.39, 0.29) is 5.91 Å². The molecule has 0 atom stereocenters. The Labute approximate surface area is 155 Å². The van der Waals surface area contributed by atoms with Gasteiger partial charge in [-0.3, -0.25) is 4.79 Å². The molecule has 0 radical (unpaired) electrons. The minimum atomic E-state index is 0.0573. The zero-order chi connectivity index (χ0) is 18.2. The van der Waals surface area contributed by atoms with E-state index < -0.39 is 0 Å². The number of hydrogen-bond acceptors (Lipinski definition) is 5. The molecule has 0 saturated carbocycles. The van der Waals surface area contributed by atoms with Gasteiger partial charge in [-0.05, 0) is 43.4 Å². The van der Waals surface area contributed by atoms with Crippen LogP contribution in [-0.2, 0) is 24.2 Å². The molecule has 0 bridgehead atoms. The molecular weight excluding hydrogens is 328 g/mol. The topological polar surface area (TPSA) is 71.3 Å². The van der Waals surface area contributed by atoms with Crippen LogP contribution in [0.15, 0.2) is 28.8 Å². The first-order valence-corrected chi connectivity index (χ1v) is 9.66. The highest BCUT2D eigenvalue weighted by atomic mass is 16.5. The number of aromatic nitrogens is 2. The van der Waals surface area contributed by atoms with E-state index in [9.17, 15) is 4.79 Å². The van der Waals surface area contributed by atoms with E-state index in [4.69, 9.17) is 4.52 Å². The van der Waals surface area contributed by atoms with Gasteiger partial charge < -0.3 is 14.7 Å². The lowest BCUT2D eigenvalue weighted by molar-refractivity contribution is -0.121. The lowest BCUT2D eigenvalue weighted by Crippen LogP contribution is -2.22. The molecule has 1 aliphatic heterocycles. The van der Waals surface area contributed by atoms with Gasteiger partial charge in [0.1, 0.15) is 0 Å². The largest absolute Gasteiger partial charge is 0.372 e. The normalized spacial score (nSPS) is 14.0. The molecule has 1 saturated heterocycles. The second-order valence-electron chi connectivity index (χ2n) is 6.85. The van der Waals surface area contributed by atoms with Crippen LogP contribution in [0, 0.1) is 0 Å². The number of rotatable bonds is 9. The van der Waals surface area contributed by atoms with Crippen LogP contribution in [0.5, 0.6) is 0 Å². The Morgan fingerprint density at radius 3 is 2.69 bits per heavy atom. The average molecular weight is 356 g/mol. The van der Waals surface area contributed by atoms with Crippen LogP contribution in [0.2, 0.25) is 0 Å². The van der Waals surface area contributed by atoms with Gasteiger partial charge in [0.25, 0.3) is 0 Å². The fourth-order valence-electron chi connectivity index (χ4n) is 3.21. The summed E-state index contributed by atoms with van der Waals surface area (Å²) in [6, 6.07) is 8.50. The van der Waals surface area contributed by atoms with E-state index in [0.29, 0.717) is 31.7 Å². The molecule has 26 heavy (non-hydrogen) atoms. The zero-order valence-electron chi connectivity index (χ0n) is 15.5. The molecule has 1 amide bonds. The second kappa shape index (κ2) is 9.36. The molecule has 140 valence electrons. The van der Waals surface area contributed by atoms with E-state index in [1.807, 2.05) is 0 Å². The van der Waals surface area contributed by atoms with Gasteiger partial charge in [-0.2, -0.15) is 4.98 Å². The fourth-order valence-corrected chi connectivity index (χ4v) is 3.21. The molecule has 2 heterocycles. The molecular formula is C20H28N4O2. The Balaban J connectivity index is 1.35. The SMILES string of the molecule is CCCc1noc(CCCC(=O)NCc2ccc(N3CCCC3)cc2)n1. The lowest BCUT2D eigenvalue weighted by atomic mass is 10.2. The number of hydrogen-bond donors (Lipinski definition) is 1. The van der Waals surface area contributed by atoms with Gasteiger partial charge in [0.2, 0.25) is 11.8 Å². The third kappa shape index (κ3) is 5.31. The number of carbonyl (C=O) groups excluding carboxylic acids is 1. The quantitative estimate of drug-likeness (QED) is 0.747. The predicted molar refractivity (Wildman–Crippen MR) is 101 cm³/mol. The van der Waals surface area contributed by atoms with Gasteiger partial charge in [-0.25, -0.2) is 0 Å². The van der Waals surface area contributed by atoms with Crippen molar-refractivity contribution in [2.24, 2.45) is 0 Å². The molecule has 6 nitrogen and oxygen atoms in total. The van der Waals surface area contributed by atoms with Crippen LogP contribution in [0.4, 0.5) is 5.69 Å². The Bertz CT molecular complexity index is 690. The van der Waals surface area contributed by atoms with Gasteiger partial charge >= 0.3 is 0 Å². The Morgan fingerprint density at radius 2 is 1.96 bits per heavy atom. The molecule has 1 aliphatic rings. The highest BCUT2D eigenvalue weighted by Crippen LogP contribution is 2.20. The van der Waals surface area contributed by atoms with Gasteiger partial charge in [-0.1, -0.05) is 24.2 Å². The van der Waals surface area contributed by atoms with Crippen LogP contribution in [0.1, 0.15) is 56.3 Å². The number of carbonyl (C=O) groups is 1. The minimum Gasteiger partial charge on any atom is -0.372 e.